The van der Waals surface area contributed by atoms with Crippen molar-refractivity contribution in [3.8, 4) is 0 Å². The van der Waals surface area contributed by atoms with Gasteiger partial charge in [-0.25, -0.2) is 0 Å². The largest absolute Gasteiger partial charge is 0.342 e. The SMILES string of the molecule is O=C1[C@H]2[C@H](C(=O)N1/N=C\c1cn(Cc3ccc(Cl)cc3Cl)c3ccccc13)[C@H]1C=C[C@H]2C1. The molecule has 0 radical (unpaired) electrons. The molecule has 2 fully saturated rings. The maximum absolute atomic E-state index is 12.9. The summed E-state index contributed by atoms with van der Waals surface area (Å²) in [6, 6.07) is 13.4. The molecule has 2 amide bonds. The van der Waals surface area contributed by atoms with Crippen LogP contribution >= 0.6 is 23.2 Å². The van der Waals surface area contributed by atoms with Gasteiger partial charge in [0.15, 0.2) is 0 Å². The average Bonchev–Trinajstić information content (AvgIpc) is 3.53. The van der Waals surface area contributed by atoms with E-state index in [-0.39, 0.29) is 35.5 Å². The number of hydrogen-bond acceptors (Lipinski definition) is 3. The first-order valence-corrected chi connectivity index (χ1v) is 11.4. The molecule has 2 aliphatic carbocycles. The minimum absolute atomic E-state index is 0.174. The second-order valence-corrected chi connectivity index (χ2v) is 9.54. The third-order valence-electron chi connectivity index (χ3n) is 6.93. The van der Waals surface area contributed by atoms with Crippen LogP contribution < -0.4 is 0 Å². The predicted molar refractivity (Wildman–Crippen MR) is 125 cm³/mol. The van der Waals surface area contributed by atoms with Gasteiger partial charge in [0.25, 0.3) is 11.8 Å². The number of carbonyl (C=O) groups is 2. The van der Waals surface area contributed by atoms with Crippen LogP contribution in [0.5, 0.6) is 0 Å². The highest BCUT2D eigenvalue weighted by Crippen LogP contribution is 2.52. The third kappa shape index (κ3) is 2.95. The van der Waals surface area contributed by atoms with Gasteiger partial charge in [-0.3, -0.25) is 9.59 Å². The molecule has 0 unspecified atom stereocenters. The van der Waals surface area contributed by atoms with Gasteiger partial charge >= 0.3 is 0 Å². The van der Waals surface area contributed by atoms with E-state index in [1.165, 1.54) is 0 Å². The average molecular weight is 464 g/mol. The molecule has 1 saturated heterocycles. The molecule has 3 aliphatic rings. The van der Waals surface area contributed by atoms with Gasteiger partial charge in [-0.2, -0.15) is 10.1 Å². The van der Waals surface area contributed by atoms with Crippen molar-refractivity contribution in [2.24, 2.45) is 28.8 Å². The molecular formula is C25H19Cl2N3O2. The minimum atomic E-state index is -0.247. The van der Waals surface area contributed by atoms with Crippen LogP contribution in [0.4, 0.5) is 0 Å². The maximum Gasteiger partial charge on any atom is 0.254 e. The lowest BCUT2D eigenvalue weighted by Gasteiger charge is -2.13. The van der Waals surface area contributed by atoms with Crippen LogP contribution in [0, 0.1) is 23.7 Å². The van der Waals surface area contributed by atoms with Crippen LogP contribution in [0.2, 0.25) is 10.0 Å². The molecule has 1 saturated carbocycles. The molecule has 6 rings (SSSR count). The molecule has 32 heavy (non-hydrogen) atoms. The van der Waals surface area contributed by atoms with Crippen LogP contribution in [0.25, 0.3) is 10.9 Å². The lowest BCUT2D eigenvalue weighted by atomic mass is 9.85. The Morgan fingerprint density at radius 1 is 1.00 bits per heavy atom. The molecule has 1 aliphatic heterocycles. The molecule has 7 heteroatoms. The Morgan fingerprint density at radius 2 is 1.72 bits per heavy atom. The Labute approximate surface area is 194 Å². The van der Waals surface area contributed by atoms with Gasteiger partial charge in [0, 0.05) is 39.3 Å². The summed E-state index contributed by atoms with van der Waals surface area (Å²) in [6.07, 6.45) is 8.66. The number of imide groups is 1. The van der Waals surface area contributed by atoms with Crippen molar-refractivity contribution in [3.05, 3.63) is 82.0 Å². The van der Waals surface area contributed by atoms with E-state index in [0.717, 1.165) is 33.5 Å². The smallest absolute Gasteiger partial charge is 0.254 e. The number of hydrazone groups is 1. The Bertz CT molecular complexity index is 1310. The summed E-state index contributed by atoms with van der Waals surface area (Å²) in [7, 11) is 0. The summed E-state index contributed by atoms with van der Waals surface area (Å²) in [5.74, 6) is -0.499. The van der Waals surface area contributed by atoms with E-state index in [0.29, 0.717) is 16.6 Å². The second-order valence-electron chi connectivity index (χ2n) is 8.70. The molecule has 4 atom stereocenters. The highest BCUT2D eigenvalue weighted by atomic mass is 35.5. The van der Waals surface area contributed by atoms with Gasteiger partial charge < -0.3 is 4.57 Å². The Balaban J connectivity index is 1.32. The molecule has 0 N–H and O–H groups in total. The number of halogens is 2. The molecule has 2 heterocycles. The summed E-state index contributed by atoms with van der Waals surface area (Å²) in [5, 5.41) is 7.63. The normalized spacial score (nSPS) is 26.2. The van der Waals surface area contributed by atoms with Crippen molar-refractivity contribution in [2.45, 2.75) is 13.0 Å². The van der Waals surface area contributed by atoms with Gasteiger partial charge in [-0.15, -0.1) is 0 Å². The number of hydrogen-bond donors (Lipinski definition) is 0. The fourth-order valence-electron chi connectivity index (χ4n) is 5.46. The number of aromatic nitrogens is 1. The Kier molecular flexibility index (Phi) is 4.52. The van der Waals surface area contributed by atoms with Crippen LogP contribution in [-0.2, 0) is 16.1 Å². The van der Waals surface area contributed by atoms with Crippen molar-refractivity contribution >= 4 is 52.1 Å². The first-order valence-electron chi connectivity index (χ1n) is 10.6. The van der Waals surface area contributed by atoms with E-state index in [1.807, 2.05) is 42.6 Å². The lowest BCUT2D eigenvalue weighted by Crippen LogP contribution is -2.28. The van der Waals surface area contributed by atoms with Crippen LogP contribution in [0.15, 0.2) is 65.9 Å². The fraction of sp³-hybridized carbons (Fsp3) is 0.240. The monoisotopic (exact) mass is 463 g/mol. The topological polar surface area (TPSA) is 54.7 Å². The summed E-state index contributed by atoms with van der Waals surface area (Å²) >= 11 is 12.4. The van der Waals surface area contributed by atoms with Crippen molar-refractivity contribution in [2.75, 3.05) is 0 Å². The minimum Gasteiger partial charge on any atom is -0.342 e. The summed E-state index contributed by atoms with van der Waals surface area (Å²) < 4.78 is 2.08. The van der Waals surface area contributed by atoms with Crippen LogP contribution in [-0.4, -0.2) is 27.6 Å². The van der Waals surface area contributed by atoms with E-state index < -0.39 is 0 Å². The van der Waals surface area contributed by atoms with Crippen LogP contribution in [0.1, 0.15) is 17.5 Å². The van der Waals surface area contributed by atoms with Gasteiger partial charge in [0.1, 0.15) is 0 Å². The number of amides is 2. The quantitative estimate of drug-likeness (QED) is 0.305. The van der Waals surface area contributed by atoms with Crippen molar-refractivity contribution in [3.63, 3.8) is 0 Å². The molecule has 3 aromatic rings. The van der Waals surface area contributed by atoms with E-state index in [4.69, 9.17) is 23.2 Å². The zero-order valence-electron chi connectivity index (χ0n) is 17.0. The predicted octanol–water partition coefficient (Wildman–Crippen LogP) is 5.14. The van der Waals surface area contributed by atoms with E-state index in [2.05, 4.69) is 21.8 Å². The lowest BCUT2D eigenvalue weighted by molar-refractivity contribution is -0.140. The zero-order valence-corrected chi connectivity index (χ0v) is 18.5. The number of carbonyl (C=O) groups excluding carboxylic acids is 2. The standard InChI is InChI=1S/C25H19Cl2N3O2/c26-18-8-7-16(20(27)10-18)12-29-13-17(19-3-1-2-4-21(19)29)11-28-30-24(31)22-14-5-6-15(9-14)23(22)25(30)32/h1-8,10-11,13-15,22-23H,9,12H2/b28-11-/t14-,15-,22+,23+/m0/s1. The number of para-hydroxylation sites is 1. The van der Waals surface area contributed by atoms with Crippen molar-refractivity contribution < 1.29 is 9.59 Å². The molecule has 5 nitrogen and oxygen atoms in total. The summed E-state index contributed by atoms with van der Waals surface area (Å²) in [5.41, 5.74) is 2.80. The van der Waals surface area contributed by atoms with Gasteiger partial charge in [0.05, 0.1) is 18.1 Å². The number of rotatable bonds is 4. The highest BCUT2D eigenvalue weighted by Gasteiger charge is 2.59. The second kappa shape index (κ2) is 7.32. The fourth-order valence-corrected chi connectivity index (χ4v) is 5.93. The van der Waals surface area contributed by atoms with E-state index in [9.17, 15) is 9.59 Å². The first-order chi connectivity index (χ1) is 15.5. The number of fused-ring (bicyclic) bond motifs is 6. The molecule has 2 aromatic carbocycles. The third-order valence-corrected chi connectivity index (χ3v) is 7.52. The number of allylic oxidation sites excluding steroid dienone is 2. The zero-order chi connectivity index (χ0) is 22.0. The van der Waals surface area contributed by atoms with E-state index >= 15 is 0 Å². The Hall–Kier alpha value is -2.89. The van der Waals surface area contributed by atoms with Crippen molar-refractivity contribution in [1.82, 2.24) is 9.58 Å². The number of nitrogens with zero attached hydrogens (tertiary/aromatic N) is 3. The number of benzene rings is 2. The molecule has 2 bridgehead atoms. The van der Waals surface area contributed by atoms with Crippen LogP contribution in [0.3, 0.4) is 0 Å². The molecular weight excluding hydrogens is 445 g/mol. The highest BCUT2D eigenvalue weighted by molar-refractivity contribution is 6.35. The van der Waals surface area contributed by atoms with Gasteiger partial charge in [-0.05, 0) is 42.0 Å². The molecule has 0 spiro atoms. The van der Waals surface area contributed by atoms with Gasteiger partial charge in [0.2, 0.25) is 0 Å². The maximum atomic E-state index is 12.9. The molecule has 1 aromatic heterocycles. The first kappa shape index (κ1) is 19.8. The van der Waals surface area contributed by atoms with Crippen molar-refractivity contribution in [1.29, 1.82) is 0 Å². The van der Waals surface area contributed by atoms with E-state index in [1.54, 1.807) is 12.3 Å². The Morgan fingerprint density at radius 3 is 2.44 bits per heavy atom. The molecule has 160 valence electrons. The van der Waals surface area contributed by atoms with Gasteiger partial charge in [-0.1, -0.05) is 59.6 Å². The summed E-state index contributed by atoms with van der Waals surface area (Å²) in [4.78, 5) is 25.8. The summed E-state index contributed by atoms with van der Waals surface area (Å²) in [6.45, 7) is 0.561.